The highest BCUT2D eigenvalue weighted by Crippen LogP contribution is 2.31. The third-order valence-electron chi connectivity index (χ3n) is 4.96. The molecule has 4 nitrogen and oxygen atoms in total. The van der Waals surface area contributed by atoms with Crippen LogP contribution in [0.15, 0.2) is 54.6 Å². The van der Waals surface area contributed by atoms with Gasteiger partial charge in [0.25, 0.3) is 0 Å². The smallest absolute Gasteiger partial charge is 0.240 e. The summed E-state index contributed by atoms with van der Waals surface area (Å²) in [6, 6.07) is 14.3. The van der Waals surface area contributed by atoms with Crippen molar-refractivity contribution in [3.8, 4) is 5.75 Å². The molecule has 3 rings (SSSR count). The first-order valence-electron chi connectivity index (χ1n) is 9.15. The van der Waals surface area contributed by atoms with E-state index in [0.717, 1.165) is 16.7 Å². The van der Waals surface area contributed by atoms with E-state index < -0.39 is 0 Å². The van der Waals surface area contributed by atoms with Crippen molar-refractivity contribution < 1.29 is 13.9 Å². The third-order valence-corrected chi connectivity index (χ3v) is 4.96. The summed E-state index contributed by atoms with van der Waals surface area (Å²) in [4.78, 5) is 14.8. The highest BCUT2D eigenvalue weighted by Gasteiger charge is 2.25. The van der Waals surface area contributed by atoms with E-state index in [9.17, 15) is 9.18 Å². The van der Waals surface area contributed by atoms with Crippen LogP contribution in [-0.4, -0.2) is 44.1 Å². The van der Waals surface area contributed by atoms with Crippen LogP contribution in [0.1, 0.15) is 17.5 Å². The highest BCUT2D eigenvalue weighted by molar-refractivity contribution is 5.84. The third kappa shape index (κ3) is 4.55. The van der Waals surface area contributed by atoms with Crippen molar-refractivity contribution in [3.05, 3.63) is 71.6 Å². The Kier molecular flexibility index (Phi) is 6.24. The maximum atomic E-state index is 13.6. The summed E-state index contributed by atoms with van der Waals surface area (Å²) in [7, 11) is 3.39. The molecule has 1 amide bonds. The number of nitrogens with one attached hydrogen (secondary N) is 1. The van der Waals surface area contributed by atoms with Crippen molar-refractivity contribution in [2.75, 3.05) is 27.2 Å². The predicted molar refractivity (Wildman–Crippen MR) is 105 cm³/mol. The lowest BCUT2D eigenvalue weighted by Crippen LogP contribution is -2.47. The molecule has 0 unspecified atom stereocenters. The largest absolute Gasteiger partial charge is 0.496 e. The van der Waals surface area contributed by atoms with E-state index in [1.807, 2.05) is 48.4 Å². The van der Waals surface area contributed by atoms with Crippen LogP contribution in [-0.2, 0) is 11.2 Å². The first-order chi connectivity index (χ1) is 13.1. The molecule has 0 aromatic heterocycles. The second kappa shape index (κ2) is 8.82. The number of benzene rings is 2. The van der Waals surface area contributed by atoms with Crippen molar-refractivity contribution in [2.24, 2.45) is 0 Å². The Labute approximate surface area is 159 Å². The number of hydrogen-bond donors (Lipinski definition) is 1. The van der Waals surface area contributed by atoms with Crippen LogP contribution >= 0.6 is 0 Å². The summed E-state index contributed by atoms with van der Waals surface area (Å²) < 4.78 is 19.0. The lowest BCUT2D eigenvalue weighted by atomic mass is 9.97. The summed E-state index contributed by atoms with van der Waals surface area (Å²) in [5.41, 5.74) is 2.90. The number of halogens is 1. The Morgan fingerprint density at radius 3 is 2.67 bits per heavy atom. The molecule has 1 atom stereocenters. The van der Waals surface area contributed by atoms with Gasteiger partial charge in [0.15, 0.2) is 0 Å². The number of ether oxygens (including phenoxy) is 1. The summed E-state index contributed by atoms with van der Waals surface area (Å²) in [5, 5.41) is 3.13. The molecule has 142 valence electrons. The van der Waals surface area contributed by atoms with Crippen molar-refractivity contribution in [1.82, 2.24) is 10.2 Å². The monoisotopic (exact) mass is 368 g/mol. The van der Waals surface area contributed by atoms with Gasteiger partial charge in [-0.2, -0.15) is 0 Å². The van der Waals surface area contributed by atoms with Crippen LogP contribution in [0.2, 0.25) is 0 Å². The quantitative estimate of drug-likeness (QED) is 0.851. The molecule has 0 saturated heterocycles. The number of rotatable bonds is 6. The van der Waals surface area contributed by atoms with Gasteiger partial charge in [0, 0.05) is 18.7 Å². The Hall–Kier alpha value is -2.66. The van der Waals surface area contributed by atoms with Gasteiger partial charge in [-0.05, 0) is 49.2 Å². The standard InChI is InChI=1S/C22H25FN2O2/c1-24-20(14-16-6-4-3-5-7-16)22(26)25-12-10-17(11-13-25)19-15-18(23)8-9-21(19)27-2/h3-10,15,20,24H,11-14H2,1-2H3/t20-/m1/s1. The number of nitrogens with zero attached hydrogens (tertiary/aromatic N) is 1. The lowest BCUT2D eigenvalue weighted by molar-refractivity contribution is -0.132. The van der Waals surface area contributed by atoms with Gasteiger partial charge in [-0.1, -0.05) is 36.4 Å². The van der Waals surface area contributed by atoms with Crippen LogP contribution in [0, 0.1) is 5.82 Å². The Morgan fingerprint density at radius 2 is 2.04 bits per heavy atom. The molecule has 5 heteroatoms. The van der Waals surface area contributed by atoms with Crippen LogP contribution in [0.25, 0.3) is 5.57 Å². The number of amides is 1. The first kappa shape index (κ1) is 19.1. The lowest BCUT2D eigenvalue weighted by Gasteiger charge is -2.30. The zero-order valence-electron chi connectivity index (χ0n) is 15.7. The van der Waals surface area contributed by atoms with Crippen molar-refractivity contribution >= 4 is 11.5 Å². The van der Waals surface area contributed by atoms with E-state index in [4.69, 9.17) is 4.74 Å². The Balaban J connectivity index is 1.70. The van der Waals surface area contributed by atoms with Crippen molar-refractivity contribution in [1.29, 1.82) is 0 Å². The molecule has 1 aliphatic rings. The molecular formula is C22H25FN2O2. The number of methoxy groups -OCH3 is 1. The fourth-order valence-corrected chi connectivity index (χ4v) is 3.43. The SMILES string of the molecule is CN[C@H](Cc1ccccc1)C(=O)N1CC=C(c2cc(F)ccc2OC)CC1. The molecule has 1 N–H and O–H groups in total. The fourth-order valence-electron chi connectivity index (χ4n) is 3.43. The van der Waals surface area contributed by atoms with Gasteiger partial charge in [-0.3, -0.25) is 4.79 Å². The van der Waals surface area contributed by atoms with Gasteiger partial charge in [0.05, 0.1) is 13.2 Å². The van der Waals surface area contributed by atoms with E-state index in [0.29, 0.717) is 31.7 Å². The van der Waals surface area contributed by atoms with Crippen LogP contribution in [0.5, 0.6) is 5.75 Å². The molecule has 1 aliphatic heterocycles. The van der Waals surface area contributed by atoms with Gasteiger partial charge >= 0.3 is 0 Å². The zero-order chi connectivity index (χ0) is 19.2. The molecule has 0 bridgehead atoms. The minimum atomic E-state index is -0.289. The molecule has 1 heterocycles. The summed E-state index contributed by atoms with van der Waals surface area (Å²) in [6.45, 7) is 1.12. The molecule has 0 saturated carbocycles. The minimum absolute atomic E-state index is 0.0860. The first-order valence-corrected chi connectivity index (χ1v) is 9.15. The van der Waals surface area contributed by atoms with Crippen molar-refractivity contribution in [3.63, 3.8) is 0 Å². The summed E-state index contributed by atoms with van der Waals surface area (Å²) in [5.74, 6) is 0.450. The molecule has 0 aliphatic carbocycles. The highest BCUT2D eigenvalue weighted by atomic mass is 19.1. The number of carbonyl (C=O) groups excluding carboxylic acids is 1. The van der Waals surface area contributed by atoms with E-state index in [-0.39, 0.29) is 17.8 Å². The molecule has 27 heavy (non-hydrogen) atoms. The van der Waals surface area contributed by atoms with E-state index in [1.54, 1.807) is 13.2 Å². The minimum Gasteiger partial charge on any atom is -0.496 e. The molecule has 2 aromatic rings. The Morgan fingerprint density at radius 1 is 1.26 bits per heavy atom. The normalized spacial score (nSPS) is 15.2. The average Bonchev–Trinajstić information content (AvgIpc) is 2.72. The maximum absolute atomic E-state index is 13.6. The number of hydrogen-bond acceptors (Lipinski definition) is 3. The average molecular weight is 368 g/mol. The van der Waals surface area contributed by atoms with E-state index >= 15 is 0 Å². The maximum Gasteiger partial charge on any atom is 0.240 e. The van der Waals surface area contributed by atoms with Gasteiger partial charge in [0.1, 0.15) is 11.6 Å². The van der Waals surface area contributed by atoms with Gasteiger partial charge in [-0.15, -0.1) is 0 Å². The van der Waals surface area contributed by atoms with E-state index in [2.05, 4.69) is 5.32 Å². The van der Waals surface area contributed by atoms with Gasteiger partial charge < -0.3 is 15.0 Å². The molecule has 0 fully saturated rings. The van der Waals surface area contributed by atoms with Gasteiger partial charge in [-0.25, -0.2) is 4.39 Å². The second-order valence-corrected chi connectivity index (χ2v) is 6.64. The zero-order valence-corrected chi connectivity index (χ0v) is 15.7. The molecule has 0 spiro atoms. The van der Waals surface area contributed by atoms with Crippen LogP contribution in [0.4, 0.5) is 4.39 Å². The van der Waals surface area contributed by atoms with E-state index in [1.165, 1.54) is 12.1 Å². The van der Waals surface area contributed by atoms with Crippen molar-refractivity contribution in [2.45, 2.75) is 18.9 Å². The molecule has 2 aromatic carbocycles. The topological polar surface area (TPSA) is 41.6 Å². The number of likely N-dealkylation sites (N-methyl/N-ethyl adjacent to an activating group) is 1. The predicted octanol–water partition coefficient (Wildman–Crippen LogP) is 3.28. The Bertz CT molecular complexity index is 820. The summed E-state index contributed by atoms with van der Waals surface area (Å²) >= 11 is 0. The number of carbonyl (C=O) groups is 1. The second-order valence-electron chi connectivity index (χ2n) is 6.64. The van der Waals surface area contributed by atoms with Crippen LogP contribution < -0.4 is 10.1 Å². The fraction of sp³-hybridized carbons (Fsp3) is 0.318. The summed E-state index contributed by atoms with van der Waals surface area (Å²) in [6.07, 6.45) is 3.32. The van der Waals surface area contributed by atoms with Gasteiger partial charge in [0.2, 0.25) is 5.91 Å². The van der Waals surface area contributed by atoms with Crippen LogP contribution in [0.3, 0.4) is 0 Å². The molecular weight excluding hydrogens is 343 g/mol. The molecule has 0 radical (unpaired) electrons.